The van der Waals surface area contributed by atoms with Crippen LogP contribution in [0, 0.1) is 0 Å². The lowest BCUT2D eigenvalue weighted by atomic mass is 10.2. The molecular formula is C28H43ClN2O5. The summed E-state index contributed by atoms with van der Waals surface area (Å²) in [7, 11) is 0. The predicted octanol–water partition coefficient (Wildman–Crippen LogP) is 5.84. The van der Waals surface area contributed by atoms with Gasteiger partial charge in [-0.2, -0.15) is 0 Å². The Bertz CT molecular complexity index is 875. The maximum Gasteiger partial charge on any atom is 0.265 e. The van der Waals surface area contributed by atoms with Crippen molar-refractivity contribution in [3.8, 4) is 23.0 Å². The zero-order valence-electron chi connectivity index (χ0n) is 22.5. The number of anilines is 1. The lowest BCUT2D eigenvalue weighted by Crippen LogP contribution is -2.41. The van der Waals surface area contributed by atoms with Crippen LogP contribution in [0.5, 0.6) is 23.0 Å². The molecule has 0 fully saturated rings. The first-order chi connectivity index (χ1) is 17.1. The van der Waals surface area contributed by atoms with Crippen LogP contribution in [0.2, 0.25) is 0 Å². The molecule has 0 aliphatic rings. The number of nitrogens with zero attached hydrogens (tertiary/aromatic N) is 2. The zero-order valence-corrected chi connectivity index (χ0v) is 23.3. The Morgan fingerprint density at radius 1 is 0.750 bits per heavy atom. The molecule has 2 aromatic carbocycles. The highest BCUT2D eigenvalue weighted by Gasteiger charge is 2.22. The quantitative estimate of drug-likeness (QED) is 0.243. The number of likely N-dealkylation sites (N-methyl/N-ethyl adjacent to an activating group) is 1. The molecule has 36 heavy (non-hydrogen) atoms. The number of ether oxygens (including phenoxy) is 4. The van der Waals surface area contributed by atoms with Crippen molar-refractivity contribution in [3.05, 3.63) is 42.5 Å². The van der Waals surface area contributed by atoms with Gasteiger partial charge in [0.1, 0.15) is 23.0 Å². The standard InChI is InChI=1S/C28H42N2O5.ClH/c1-6-11-20-34-23-12-14-24(15-13-23)35-22-28(31)30(19-18-29(7-2)8-3)26-21-25(32-9-4)16-17-27(26)33-10-5;/h12-17,21H,6-11,18-20,22H2,1-5H3;1H. The minimum Gasteiger partial charge on any atom is -0.494 e. The first-order valence-corrected chi connectivity index (χ1v) is 12.8. The summed E-state index contributed by atoms with van der Waals surface area (Å²) in [5.41, 5.74) is 0.693. The monoisotopic (exact) mass is 522 g/mol. The van der Waals surface area contributed by atoms with Gasteiger partial charge in [-0.1, -0.05) is 27.2 Å². The fourth-order valence-electron chi connectivity index (χ4n) is 3.59. The Morgan fingerprint density at radius 2 is 1.36 bits per heavy atom. The number of amides is 1. The van der Waals surface area contributed by atoms with Gasteiger partial charge >= 0.3 is 0 Å². The number of carbonyl (C=O) groups excluding carboxylic acids is 1. The van der Waals surface area contributed by atoms with Gasteiger partial charge in [-0.3, -0.25) is 4.79 Å². The first-order valence-electron chi connectivity index (χ1n) is 12.8. The van der Waals surface area contributed by atoms with E-state index in [2.05, 4.69) is 25.7 Å². The van der Waals surface area contributed by atoms with Gasteiger partial charge in [0.2, 0.25) is 0 Å². The Morgan fingerprint density at radius 3 is 1.94 bits per heavy atom. The number of halogens is 1. The van der Waals surface area contributed by atoms with Crippen molar-refractivity contribution in [1.82, 2.24) is 4.90 Å². The second-order valence-electron chi connectivity index (χ2n) is 8.03. The molecule has 202 valence electrons. The second kappa shape index (κ2) is 17.7. The Kier molecular flexibility index (Phi) is 15.5. The van der Waals surface area contributed by atoms with Gasteiger partial charge < -0.3 is 28.7 Å². The van der Waals surface area contributed by atoms with Gasteiger partial charge in [0.15, 0.2) is 6.61 Å². The molecule has 7 nitrogen and oxygen atoms in total. The van der Waals surface area contributed by atoms with Gasteiger partial charge in [-0.25, -0.2) is 0 Å². The fourth-order valence-corrected chi connectivity index (χ4v) is 3.59. The molecule has 2 rings (SSSR count). The van der Waals surface area contributed by atoms with Crippen LogP contribution in [0.25, 0.3) is 0 Å². The van der Waals surface area contributed by atoms with Crippen LogP contribution in [0.15, 0.2) is 42.5 Å². The van der Waals surface area contributed by atoms with Gasteiger partial charge in [-0.15, -0.1) is 12.4 Å². The summed E-state index contributed by atoms with van der Waals surface area (Å²) in [6.45, 7) is 15.0. The van der Waals surface area contributed by atoms with Gasteiger partial charge in [-0.05, 0) is 69.8 Å². The molecular weight excluding hydrogens is 480 g/mol. The van der Waals surface area contributed by atoms with Crippen molar-refractivity contribution in [2.24, 2.45) is 0 Å². The normalized spacial score (nSPS) is 10.5. The van der Waals surface area contributed by atoms with E-state index in [1.807, 2.05) is 56.3 Å². The summed E-state index contributed by atoms with van der Waals surface area (Å²) in [6.07, 6.45) is 2.11. The van der Waals surface area contributed by atoms with Crippen LogP contribution in [-0.2, 0) is 4.79 Å². The average molecular weight is 523 g/mol. The highest BCUT2D eigenvalue weighted by atomic mass is 35.5. The molecule has 0 saturated carbocycles. The Hall–Kier alpha value is -2.64. The number of carbonyl (C=O) groups is 1. The molecule has 0 aliphatic carbocycles. The molecule has 0 radical (unpaired) electrons. The molecule has 0 saturated heterocycles. The van der Waals surface area contributed by atoms with Gasteiger partial charge in [0, 0.05) is 19.2 Å². The van der Waals surface area contributed by atoms with E-state index in [4.69, 9.17) is 18.9 Å². The zero-order chi connectivity index (χ0) is 25.5. The summed E-state index contributed by atoms with van der Waals surface area (Å²) in [4.78, 5) is 17.5. The minimum atomic E-state index is -0.143. The van der Waals surface area contributed by atoms with Crippen LogP contribution >= 0.6 is 12.4 Å². The summed E-state index contributed by atoms with van der Waals surface area (Å²) in [5.74, 6) is 2.63. The second-order valence-corrected chi connectivity index (χ2v) is 8.03. The van der Waals surface area contributed by atoms with Crippen molar-refractivity contribution >= 4 is 24.0 Å². The maximum absolute atomic E-state index is 13.4. The van der Waals surface area contributed by atoms with Crippen molar-refractivity contribution < 1.29 is 23.7 Å². The summed E-state index contributed by atoms with van der Waals surface area (Å²) >= 11 is 0. The van der Waals surface area contributed by atoms with E-state index in [0.29, 0.717) is 49.3 Å². The maximum atomic E-state index is 13.4. The number of rotatable bonds is 17. The molecule has 0 atom stereocenters. The molecule has 0 spiro atoms. The lowest BCUT2D eigenvalue weighted by Gasteiger charge is -2.28. The number of unbranched alkanes of at least 4 members (excludes halogenated alkanes) is 1. The molecule has 0 aliphatic heterocycles. The van der Waals surface area contributed by atoms with Crippen LogP contribution in [0.3, 0.4) is 0 Å². The summed E-state index contributed by atoms with van der Waals surface area (Å²) in [6, 6.07) is 13.0. The Balaban J connectivity index is 0.00000648. The highest BCUT2D eigenvalue weighted by Crippen LogP contribution is 2.33. The molecule has 1 amide bonds. The minimum absolute atomic E-state index is 0. The largest absolute Gasteiger partial charge is 0.494 e. The van der Waals surface area contributed by atoms with Crippen LogP contribution < -0.4 is 23.8 Å². The average Bonchev–Trinajstić information content (AvgIpc) is 2.87. The van der Waals surface area contributed by atoms with Crippen molar-refractivity contribution in [1.29, 1.82) is 0 Å². The predicted molar refractivity (Wildman–Crippen MR) is 149 cm³/mol. The van der Waals surface area contributed by atoms with E-state index in [9.17, 15) is 4.79 Å². The first kappa shape index (κ1) is 31.4. The van der Waals surface area contributed by atoms with E-state index >= 15 is 0 Å². The summed E-state index contributed by atoms with van der Waals surface area (Å²) < 4.78 is 23.1. The van der Waals surface area contributed by atoms with Crippen LogP contribution in [0.1, 0.15) is 47.5 Å². The van der Waals surface area contributed by atoms with Gasteiger partial charge in [0.05, 0.1) is 25.5 Å². The van der Waals surface area contributed by atoms with E-state index in [-0.39, 0.29) is 24.9 Å². The SMILES string of the molecule is CCCCOc1ccc(OCC(=O)N(CCN(CC)CC)c2cc(OCC)ccc2OCC)cc1.Cl. The van der Waals surface area contributed by atoms with Crippen LogP contribution in [-0.4, -0.2) is 63.4 Å². The summed E-state index contributed by atoms with van der Waals surface area (Å²) in [5, 5.41) is 0. The fraction of sp³-hybridized carbons (Fsp3) is 0.536. The molecule has 0 N–H and O–H groups in total. The number of benzene rings is 2. The third kappa shape index (κ3) is 10.2. The van der Waals surface area contributed by atoms with Gasteiger partial charge in [0.25, 0.3) is 5.91 Å². The smallest absolute Gasteiger partial charge is 0.265 e. The Labute approximate surface area is 223 Å². The molecule has 0 aromatic heterocycles. The third-order valence-electron chi connectivity index (χ3n) is 5.62. The lowest BCUT2D eigenvalue weighted by molar-refractivity contribution is -0.120. The molecule has 0 heterocycles. The molecule has 0 bridgehead atoms. The highest BCUT2D eigenvalue weighted by molar-refractivity contribution is 5.96. The van der Waals surface area contributed by atoms with E-state index < -0.39 is 0 Å². The topological polar surface area (TPSA) is 60.5 Å². The number of hydrogen-bond donors (Lipinski definition) is 0. The van der Waals surface area contributed by atoms with E-state index in [1.54, 1.807) is 4.90 Å². The van der Waals surface area contributed by atoms with Crippen LogP contribution in [0.4, 0.5) is 5.69 Å². The van der Waals surface area contributed by atoms with E-state index in [1.165, 1.54) is 0 Å². The van der Waals surface area contributed by atoms with Crippen molar-refractivity contribution in [2.75, 3.05) is 57.5 Å². The molecule has 2 aromatic rings. The van der Waals surface area contributed by atoms with Crippen molar-refractivity contribution in [2.45, 2.75) is 47.5 Å². The number of hydrogen-bond acceptors (Lipinski definition) is 6. The third-order valence-corrected chi connectivity index (χ3v) is 5.62. The molecule has 8 heteroatoms. The molecule has 0 unspecified atom stereocenters. The van der Waals surface area contributed by atoms with E-state index in [0.717, 1.165) is 38.2 Å². The van der Waals surface area contributed by atoms with Crippen molar-refractivity contribution in [3.63, 3.8) is 0 Å².